The van der Waals surface area contributed by atoms with Gasteiger partial charge in [0.15, 0.2) is 0 Å². The zero-order valence-corrected chi connectivity index (χ0v) is 13.1. The Morgan fingerprint density at radius 3 is 2.75 bits per heavy atom. The van der Waals surface area contributed by atoms with E-state index in [0.717, 1.165) is 10.9 Å². The molecule has 3 N–H and O–H groups in total. The summed E-state index contributed by atoms with van der Waals surface area (Å²) in [5, 5.41) is 6.45. The first-order chi connectivity index (χ1) is 11.7. The van der Waals surface area contributed by atoms with Crippen molar-refractivity contribution in [3.05, 3.63) is 60.3 Å². The summed E-state index contributed by atoms with van der Waals surface area (Å²) in [5.41, 5.74) is 2.55. The van der Waals surface area contributed by atoms with E-state index in [1.165, 1.54) is 0 Å². The van der Waals surface area contributed by atoms with Gasteiger partial charge in [0, 0.05) is 22.8 Å². The molecule has 3 aromatic rings. The number of carbonyl (C=O) groups excluding carboxylic acids is 2. The van der Waals surface area contributed by atoms with Crippen LogP contribution in [0.2, 0.25) is 0 Å². The van der Waals surface area contributed by atoms with E-state index >= 15 is 0 Å². The predicted octanol–water partition coefficient (Wildman–Crippen LogP) is 3.99. The van der Waals surface area contributed by atoms with Crippen LogP contribution in [0.3, 0.4) is 0 Å². The molecular weight excluding hydrogens is 306 g/mol. The van der Waals surface area contributed by atoms with Gasteiger partial charge >= 0.3 is 12.0 Å². The smallest absolute Gasteiger partial charge is 0.338 e. The highest BCUT2D eigenvalue weighted by Gasteiger charge is 2.09. The minimum absolute atomic E-state index is 0.303. The molecule has 2 amide bonds. The van der Waals surface area contributed by atoms with Crippen molar-refractivity contribution in [1.29, 1.82) is 0 Å². The number of carbonyl (C=O) groups is 2. The zero-order valence-electron chi connectivity index (χ0n) is 13.1. The molecule has 1 heterocycles. The number of aromatic amines is 1. The van der Waals surface area contributed by atoms with Crippen LogP contribution in [0.4, 0.5) is 16.2 Å². The second kappa shape index (κ2) is 6.87. The summed E-state index contributed by atoms with van der Waals surface area (Å²) in [4.78, 5) is 27.0. The number of urea groups is 1. The first kappa shape index (κ1) is 15.6. The summed E-state index contributed by atoms with van der Waals surface area (Å²) in [6.07, 6.45) is 1.82. The van der Waals surface area contributed by atoms with Crippen LogP contribution >= 0.6 is 0 Å². The molecule has 3 rings (SSSR count). The number of esters is 1. The molecule has 0 aliphatic rings. The van der Waals surface area contributed by atoms with E-state index in [1.54, 1.807) is 31.2 Å². The summed E-state index contributed by atoms with van der Waals surface area (Å²) in [7, 11) is 0. The summed E-state index contributed by atoms with van der Waals surface area (Å²) >= 11 is 0. The standard InChI is InChI=1S/C18H17N3O3/c1-2-24-17(22)12-5-3-6-13(11-12)20-18(23)21-16-8-4-7-15-14(16)9-10-19-15/h3-11,19H,2H2,1H3,(H2,20,21,23). The van der Waals surface area contributed by atoms with E-state index in [-0.39, 0.29) is 6.03 Å². The number of anilines is 2. The molecule has 6 heteroatoms. The average Bonchev–Trinajstić information content (AvgIpc) is 3.05. The highest BCUT2D eigenvalue weighted by molar-refractivity contribution is 6.06. The number of hydrogen-bond acceptors (Lipinski definition) is 3. The SMILES string of the molecule is CCOC(=O)c1cccc(NC(=O)Nc2cccc3[nH]ccc23)c1. The molecule has 0 saturated heterocycles. The molecule has 6 nitrogen and oxygen atoms in total. The fourth-order valence-corrected chi connectivity index (χ4v) is 2.42. The lowest BCUT2D eigenvalue weighted by Crippen LogP contribution is -2.19. The van der Waals surface area contributed by atoms with Crippen LogP contribution in [-0.4, -0.2) is 23.6 Å². The molecular formula is C18H17N3O3. The minimum Gasteiger partial charge on any atom is -0.462 e. The van der Waals surface area contributed by atoms with Crippen molar-refractivity contribution >= 4 is 34.3 Å². The summed E-state index contributed by atoms with van der Waals surface area (Å²) < 4.78 is 4.95. The largest absolute Gasteiger partial charge is 0.462 e. The topological polar surface area (TPSA) is 83.2 Å². The van der Waals surface area contributed by atoms with Gasteiger partial charge in [0.05, 0.1) is 17.9 Å². The number of aromatic nitrogens is 1. The van der Waals surface area contributed by atoms with Gasteiger partial charge in [-0.25, -0.2) is 9.59 Å². The van der Waals surface area contributed by atoms with Crippen molar-refractivity contribution in [2.24, 2.45) is 0 Å². The maximum atomic E-state index is 12.2. The maximum absolute atomic E-state index is 12.2. The minimum atomic E-state index is -0.418. The van der Waals surface area contributed by atoms with Gasteiger partial charge in [0.1, 0.15) is 0 Å². The third kappa shape index (κ3) is 3.38. The molecule has 0 aliphatic heterocycles. The van der Waals surface area contributed by atoms with Gasteiger partial charge in [-0.2, -0.15) is 0 Å². The Morgan fingerprint density at radius 2 is 1.92 bits per heavy atom. The second-order valence-electron chi connectivity index (χ2n) is 5.12. The summed E-state index contributed by atoms with van der Waals surface area (Å²) in [6.45, 7) is 2.05. The van der Waals surface area contributed by atoms with Gasteiger partial charge < -0.3 is 20.4 Å². The number of hydrogen-bond donors (Lipinski definition) is 3. The summed E-state index contributed by atoms with van der Waals surface area (Å²) in [5.74, 6) is -0.418. The summed E-state index contributed by atoms with van der Waals surface area (Å²) in [6, 6.07) is 13.7. The van der Waals surface area contributed by atoms with Crippen molar-refractivity contribution in [3.8, 4) is 0 Å². The Balaban J connectivity index is 1.72. The molecule has 0 unspecified atom stereocenters. The van der Waals surface area contributed by atoms with Gasteiger partial charge in [-0.15, -0.1) is 0 Å². The van der Waals surface area contributed by atoms with E-state index in [9.17, 15) is 9.59 Å². The van der Waals surface area contributed by atoms with Crippen molar-refractivity contribution in [3.63, 3.8) is 0 Å². The number of benzene rings is 2. The Labute approximate surface area is 138 Å². The second-order valence-corrected chi connectivity index (χ2v) is 5.12. The fraction of sp³-hybridized carbons (Fsp3) is 0.111. The third-order valence-corrected chi connectivity index (χ3v) is 3.47. The fourth-order valence-electron chi connectivity index (χ4n) is 2.42. The normalized spacial score (nSPS) is 10.4. The Morgan fingerprint density at radius 1 is 1.08 bits per heavy atom. The van der Waals surface area contributed by atoms with Crippen molar-refractivity contribution < 1.29 is 14.3 Å². The van der Waals surface area contributed by atoms with E-state index < -0.39 is 5.97 Å². The molecule has 122 valence electrons. The monoisotopic (exact) mass is 323 g/mol. The zero-order chi connectivity index (χ0) is 16.9. The van der Waals surface area contributed by atoms with Crippen LogP contribution < -0.4 is 10.6 Å². The first-order valence-electron chi connectivity index (χ1n) is 7.58. The molecule has 0 saturated carbocycles. The Bertz CT molecular complexity index is 886. The molecule has 24 heavy (non-hydrogen) atoms. The van der Waals surface area contributed by atoms with Gasteiger partial charge in [-0.1, -0.05) is 12.1 Å². The van der Waals surface area contributed by atoms with Crippen molar-refractivity contribution in [2.75, 3.05) is 17.2 Å². The number of fused-ring (bicyclic) bond motifs is 1. The highest BCUT2D eigenvalue weighted by atomic mass is 16.5. The molecule has 0 radical (unpaired) electrons. The highest BCUT2D eigenvalue weighted by Crippen LogP contribution is 2.22. The van der Waals surface area contributed by atoms with Crippen LogP contribution in [0.5, 0.6) is 0 Å². The van der Waals surface area contributed by atoms with E-state index in [2.05, 4.69) is 15.6 Å². The Kier molecular flexibility index (Phi) is 4.47. The van der Waals surface area contributed by atoms with Crippen molar-refractivity contribution in [2.45, 2.75) is 6.92 Å². The van der Waals surface area contributed by atoms with Crippen LogP contribution in [0.15, 0.2) is 54.7 Å². The number of ether oxygens (including phenoxy) is 1. The molecule has 0 spiro atoms. The predicted molar refractivity (Wildman–Crippen MR) is 93.3 cm³/mol. The van der Waals surface area contributed by atoms with Gasteiger partial charge in [0.2, 0.25) is 0 Å². The average molecular weight is 323 g/mol. The number of H-pyrrole nitrogens is 1. The van der Waals surface area contributed by atoms with E-state index in [1.807, 2.05) is 30.5 Å². The van der Waals surface area contributed by atoms with E-state index in [0.29, 0.717) is 23.5 Å². The third-order valence-electron chi connectivity index (χ3n) is 3.47. The number of nitrogens with one attached hydrogen (secondary N) is 3. The Hall–Kier alpha value is -3.28. The number of amides is 2. The lowest BCUT2D eigenvalue weighted by atomic mass is 10.2. The van der Waals surface area contributed by atoms with Crippen LogP contribution in [-0.2, 0) is 4.74 Å². The molecule has 1 aromatic heterocycles. The molecule has 0 aliphatic carbocycles. The van der Waals surface area contributed by atoms with Crippen LogP contribution in [0, 0.1) is 0 Å². The lowest BCUT2D eigenvalue weighted by Gasteiger charge is -2.09. The van der Waals surface area contributed by atoms with Gasteiger partial charge in [-0.05, 0) is 43.3 Å². The van der Waals surface area contributed by atoms with Gasteiger partial charge in [-0.3, -0.25) is 0 Å². The van der Waals surface area contributed by atoms with Gasteiger partial charge in [0.25, 0.3) is 0 Å². The van der Waals surface area contributed by atoms with Crippen LogP contribution in [0.1, 0.15) is 17.3 Å². The maximum Gasteiger partial charge on any atom is 0.338 e. The molecule has 0 bridgehead atoms. The lowest BCUT2D eigenvalue weighted by molar-refractivity contribution is 0.0526. The van der Waals surface area contributed by atoms with Crippen LogP contribution in [0.25, 0.3) is 10.9 Å². The molecule has 2 aromatic carbocycles. The molecule has 0 atom stereocenters. The number of rotatable bonds is 4. The molecule has 0 fully saturated rings. The quantitative estimate of drug-likeness (QED) is 0.635. The first-order valence-corrected chi connectivity index (χ1v) is 7.58. The van der Waals surface area contributed by atoms with Crippen molar-refractivity contribution in [1.82, 2.24) is 4.98 Å². The van der Waals surface area contributed by atoms with E-state index in [4.69, 9.17) is 4.74 Å².